The van der Waals surface area contributed by atoms with Gasteiger partial charge in [0.1, 0.15) is 0 Å². The van der Waals surface area contributed by atoms with E-state index < -0.39 is 0 Å². The Balaban J connectivity index is 1.37. The van der Waals surface area contributed by atoms with Gasteiger partial charge in [-0.25, -0.2) is 9.97 Å². The van der Waals surface area contributed by atoms with Gasteiger partial charge in [0, 0.05) is 71.2 Å². The van der Waals surface area contributed by atoms with E-state index in [9.17, 15) is 4.79 Å². The van der Waals surface area contributed by atoms with E-state index in [0.29, 0.717) is 37.8 Å². The second-order valence-corrected chi connectivity index (χ2v) is 9.49. The molecule has 3 N–H and O–H groups in total. The van der Waals surface area contributed by atoms with E-state index in [1.165, 1.54) is 0 Å². The molecule has 0 spiro atoms. The van der Waals surface area contributed by atoms with Crippen LogP contribution in [0, 0.1) is 0 Å². The summed E-state index contributed by atoms with van der Waals surface area (Å²) in [6.07, 6.45) is 5.51. The van der Waals surface area contributed by atoms with E-state index in [1.54, 1.807) is 6.20 Å². The molecule has 2 aliphatic heterocycles. The molecule has 8 nitrogen and oxygen atoms in total. The second-order valence-electron chi connectivity index (χ2n) is 9.49. The van der Waals surface area contributed by atoms with Crippen LogP contribution in [0.5, 0.6) is 0 Å². The Bertz CT molecular complexity index is 1190. The van der Waals surface area contributed by atoms with Gasteiger partial charge in [-0.2, -0.15) is 0 Å². The Kier molecular flexibility index (Phi) is 5.54. The lowest BCUT2D eigenvalue weighted by Gasteiger charge is -2.38. The molecule has 3 aromatic rings. The number of aromatic nitrogens is 3. The van der Waals surface area contributed by atoms with E-state index >= 15 is 0 Å². The van der Waals surface area contributed by atoms with Gasteiger partial charge in [0.2, 0.25) is 5.95 Å². The third-order valence-electron chi connectivity index (χ3n) is 6.26. The van der Waals surface area contributed by atoms with Crippen molar-refractivity contribution in [3.63, 3.8) is 0 Å². The van der Waals surface area contributed by atoms with Gasteiger partial charge < -0.3 is 25.3 Å². The van der Waals surface area contributed by atoms with Crippen LogP contribution in [-0.2, 0) is 4.74 Å². The van der Waals surface area contributed by atoms with E-state index in [0.717, 1.165) is 40.7 Å². The summed E-state index contributed by atoms with van der Waals surface area (Å²) in [7, 11) is 0. The Morgan fingerprint density at radius 3 is 2.88 bits per heavy atom. The molecule has 0 bridgehead atoms. The monoisotopic (exact) mass is 446 g/mol. The smallest absolute Gasteiger partial charge is 0.254 e. The standard InChI is InChI=1S/C25H30N6O2/c1-16-12-18(14-25(2,3)30-16)28-24-26-7-6-21(29-24)20-15-27-22-13-17(4-5-19(20)22)23(32)31-8-10-33-11-9-31/h4-7,13,15,18,27,30H,1,8-12,14H2,2-3H3,(H,26,28,29). The molecule has 2 saturated heterocycles. The highest BCUT2D eigenvalue weighted by Crippen LogP contribution is 2.30. The summed E-state index contributed by atoms with van der Waals surface area (Å²) in [6.45, 7) is 10.9. The summed E-state index contributed by atoms with van der Waals surface area (Å²) in [5.41, 5.74) is 4.41. The zero-order valence-electron chi connectivity index (χ0n) is 19.1. The molecule has 2 aromatic heterocycles. The number of hydrogen-bond acceptors (Lipinski definition) is 6. The summed E-state index contributed by atoms with van der Waals surface area (Å²) in [5.74, 6) is 0.646. The van der Waals surface area contributed by atoms with E-state index in [2.05, 4.69) is 41.0 Å². The number of benzene rings is 1. The fraction of sp³-hybridized carbons (Fsp3) is 0.400. The largest absolute Gasteiger partial charge is 0.384 e. The summed E-state index contributed by atoms with van der Waals surface area (Å²) in [4.78, 5) is 27.2. The lowest BCUT2D eigenvalue weighted by molar-refractivity contribution is 0.0303. The van der Waals surface area contributed by atoms with Crippen molar-refractivity contribution in [3.05, 3.63) is 54.5 Å². The maximum atomic E-state index is 12.8. The van der Waals surface area contributed by atoms with Crippen molar-refractivity contribution in [1.82, 2.24) is 25.2 Å². The average Bonchev–Trinajstić information content (AvgIpc) is 3.21. The van der Waals surface area contributed by atoms with Gasteiger partial charge >= 0.3 is 0 Å². The maximum absolute atomic E-state index is 12.8. The normalized spacial score (nSPS) is 20.5. The number of rotatable bonds is 4. The Morgan fingerprint density at radius 2 is 2.09 bits per heavy atom. The van der Waals surface area contributed by atoms with Crippen LogP contribution < -0.4 is 10.6 Å². The van der Waals surface area contributed by atoms with Gasteiger partial charge in [0.25, 0.3) is 5.91 Å². The number of amides is 1. The highest BCUT2D eigenvalue weighted by atomic mass is 16.5. The Labute approximate surface area is 193 Å². The third-order valence-corrected chi connectivity index (χ3v) is 6.26. The van der Waals surface area contributed by atoms with Gasteiger partial charge in [0.05, 0.1) is 18.9 Å². The van der Waals surface area contributed by atoms with Crippen molar-refractivity contribution in [2.75, 3.05) is 31.6 Å². The van der Waals surface area contributed by atoms with Gasteiger partial charge in [-0.15, -0.1) is 0 Å². The number of nitrogens with zero attached hydrogens (tertiary/aromatic N) is 3. The predicted octanol–water partition coefficient (Wildman–Crippen LogP) is 3.55. The molecular formula is C25H30N6O2. The van der Waals surface area contributed by atoms with Crippen molar-refractivity contribution in [1.29, 1.82) is 0 Å². The van der Waals surface area contributed by atoms with Crippen molar-refractivity contribution in [3.8, 4) is 11.3 Å². The molecule has 0 aliphatic carbocycles. The number of fused-ring (bicyclic) bond motifs is 1. The van der Waals surface area contributed by atoms with Gasteiger partial charge in [0.15, 0.2) is 0 Å². The number of carbonyl (C=O) groups excluding carboxylic acids is 1. The number of anilines is 1. The van der Waals surface area contributed by atoms with Crippen molar-refractivity contribution in [2.24, 2.45) is 0 Å². The highest BCUT2D eigenvalue weighted by molar-refractivity contribution is 6.01. The zero-order valence-corrected chi connectivity index (χ0v) is 19.1. The fourth-order valence-corrected chi connectivity index (χ4v) is 4.85. The SMILES string of the molecule is C=C1CC(Nc2nccc(-c3c[nH]c4cc(C(=O)N5CCOCC5)ccc34)n2)CC(C)(C)N1. The van der Waals surface area contributed by atoms with Gasteiger partial charge in [-0.05, 0) is 38.5 Å². The maximum Gasteiger partial charge on any atom is 0.254 e. The van der Waals surface area contributed by atoms with E-state index in [-0.39, 0.29) is 17.5 Å². The lowest BCUT2D eigenvalue weighted by Crippen LogP contribution is -2.48. The summed E-state index contributed by atoms with van der Waals surface area (Å²) in [5, 5.41) is 7.95. The fourth-order valence-electron chi connectivity index (χ4n) is 4.85. The molecule has 1 atom stereocenters. The molecule has 5 rings (SSSR count). The van der Waals surface area contributed by atoms with Crippen LogP contribution in [0.2, 0.25) is 0 Å². The molecule has 0 radical (unpaired) electrons. The molecule has 8 heteroatoms. The summed E-state index contributed by atoms with van der Waals surface area (Å²) < 4.78 is 5.36. The third kappa shape index (κ3) is 4.57. The molecule has 1 amide bonds. The van der Waals surface area contributed by atoms with Crippen molar-refractivity contribution in [2.45, 2.75) is 38.3 Å². The molecule has 172 valence electrons. The average molecular weight is 447 g/mol. The van der Waals surface area contributed by atoms with Crippen LogP contribution in [0.1, 0.15) is 37.0 Å². The first-order valence-electron chi connectivity index (χ1n) is 11.4. The number of nitrogens with one attached hydrogen (secondary N) is 3. The first-order valence-corrected chi connectivity index (χ1v) is 11.4. The Hall–Kier alpha value is -3.39. The topological polar surface area (TPSA) is 95.2 Å². The minimum absolute atomic E-state index is 0.0161. The zero-order chi connectivity index (χ0) is 23.0. The lowest BCUT2D eigenvalue weighted by atomic mass is 9.88. The molecule has 1 unspecified atom stereocenters. The van der Waals surface area contributed by atoms with Crippen LogP contribution in [0.3, 0.4) is 0 Å². The van der Waals surface area contributed by atoms with Gasteiger partial charge in [-0.1, -0.05) is 12.6 Å². The van der Waals surface area contributed by atoms with E-state index in [4.69, 9.17) is 9.72 Å². The minimum Gasteiger partial charge on any atom is -0.384 e. The molecular weight excluding hydrogens is 416 g/mol. The number of H-pyrrole nitrogens is 1. The molecule has 2 aliphatic rings. The number of hydrogen-bond donors (Lipinski definition) is 3. The Morgan fingerprint density at radius 1 is 1.27 bits per heavy atom. The van der Waals surface area contributed by atoms with Crippen molar-refractivity contribution >= 4 is 22.8 Å². The van der Waals surface area contributed by atoms with Crippen molar-refractivity contribution < 1.29 is 9.53 Å². The second kappa shape index (κ2) is 8.51. The summed E-state index contributed by atoms with van der Waals surface area (Å²) in [6, 6.07) is 7.93. The summed E-state index contributed by atoms with van der Waals surface area (Å²) >= 11 is 0. The quantitative estimate of drug-likeness (QED) is 0.567. The molecule has 4 heterocycles. The number of morpholine rings is 1. The number of carbonyl (C=O) groups is 1. The van der Waals surface area contributed by atoms with Gasteiger partial charge in [-0.3, -0.25) is 4.79 Å². The molecule has 0 saturated carbocycles. The van der Waals surface area contributed by atoms with Crippen LogP contribution in [-0.4, -0.2) is 63.6 Å². The van der Waals surface area contributed by atoms with Crippen LogP contribution >= 0.6 is 0 Å². The molecule has 1 aromatic carbocycles. The predicted molar refractivity (Wildman–Crippen MR) is 129 cm³/mol. The number of ether oxygens (including phenoxy) is 1. The van der Waals surface area contributed by atoms with Crippen LogP contribution in [0.15, 0.2) is 48.9 Å². The molecule has 2 fully saturated rings. The van der Waals surface area contributed by atoms with E-state index in [1.807, 2.05) is 35.4 Å². The first-order chi connectivity index (χ1) is 15.9. The highest BCUT2D eigenvalue weighted by Gasteiger charge is 2.29. The first kappa shape index (κ1) is 21.5. The molecule has 33 heavy (non-hydrogen) atoms. The number of piperidine rings is 1. The van der Waals surface area contributed by atoms with Crippen LogP contribution in [0.4, 0.5) is 5.95 Å². The number of aromatic amines is 1. The minimum atomic E-state index is -0.0161. The van der Waals surface area contributed by atoms with Crippen LogP contribution in [0.25, 0.3) is 22.2 Å².